The summed E-state index contributed by atoms with van der Waals surface area (Å²) in [5.41, 5.74) is 13.7. The quantitative estimate of drug-likeness (QED) is 0.0267. The molecule has 1 aromatic heterocycles. The topological polar surface area (TPSA) is 206 Å². The summed E-state index contributed by atoms with van der Waals surface area (Å²) in [5, 5.41) is 19.2. The van der Waals surface area contributed by atoms with Crippen molar-refractivity contribution in [2.24, 2.45) is 10.1 Å². The summed E-state index contributed by atoms with van der Waals surface area (Å²) >= 11 is 6.36. The molecule has 8 rings (SSSR count). The van der Waals surface area contributed by atoms with Crippen LogP contribution in [0.2, 0.25) is 5.02 Å². The zero-order chi connectivity index (χ0) is 46.9. The van der Waals surface area contributed by atoms with E-state index >= 15 is 0 Å². The normalized spacial score (nSPS) is 15.5. The van der Waals surface area contributed by atoms with E-state index in [1.165, 1.54) is 23.1 Å². The Bertz CT molecular complexity index is 2760. The predicted octanol–water partition coefficient (Wildman–Crippen LogP) is 8.42. The average Bonchev–Trinajstić information content (AvgIpc) is 3.55. The maximum absolute atomic E-state index is 14.9. The van der Waals surface area contributed by atoms with Gasteiger partial charge in [0.1, 0.15) is 23.4 Å². The molecule has 0 bridgehead atoms. The van der Waals surface area contributed by atoms with E-state index in [4.69, 9.17) is 22.1 Å². The van der Waals surface area contributed by atoms with Crippen molar-refractivity contribution in [3.8, 4) is 11.3 Å². The number of nitrogens with one attached hydrogen (secondary N) is 6. The lowest BCUT2D eigenvalue weighted by atomic mass is 9.95. The van der Waals surface area contributed by atoms with Crippen molar-refractivity contribution in [3.05, 3.63) is 141 Å². The molecule has 0 aliphatic carbocycles. The number of amides is 4. The predicted molar refractivity (Wildman–Crippen MR) is 251 cm³/mol. The first-order valence-electron chi connectivity index (χ1n) is 22.2. The number of nitrogens with zero attached hydrogens (tertiary/aromatic N) is 5. The van der Waals surface area contributed by atoms with E-state index in [0.29, 0.717) is 75.4 Å². The molecule has 4 heterocycles. The summed E-state index contributed by atoms with van der Waals surface area (Å²) in [7, 11) is 0. The monoisotopic (exact) mass is 927 g/mol. The second-order valence-corrected chi connectivity index (χ2v) is 16.8. The number of imide groups is 1. The molecule has 3 aliphatic heterocycles. The third-order valence-electron chi connectivity index (χ3n) is 11.8. The van der Waals surface area contributed by atoms with E-state index in [0.717, 1.165) is 56.3 Å². The Balaban J connectivity index is 0.721. The van der Waals surface area contributed by atoms with Gasteiger partial charge in [0.25, 0.3) is 5.91 Å². The molecular formula is C49H48ClF2N11O4. The fourth-order valence-corrected chi connectivity index (χ4v) is 8.52. The largest absolute Gasteiger partial charge is 0.388 e. The molecule has 4 amide bonds. The zero-order valence-corrected chi connectivity index (χ0v) is 37.2. The van der Waals surface area contributed by atoms with Gasteiger partial charge in [-0.05, 0) is 86.0 Å². The number of anilines is 3. The standard InChI is InChI=1S/C49H48ClF2N11O4/c50-32-12-16-36-37(24-32)46(44-38(51)7-6-8-39(44)52)56-25-31-26-57-49(61-45(31)36)59-33-13-10-29(11-14-33)40(62-53)27-55-22-21-54-20-5-3-1-2-4-9-42(64)58-34-15-17-35-30(23-34)28-63(48(35)67)41-18-19-43(65)60-47(41)66/h6-8,10-17,23-24,26-27,41,53-55H,1-5,9,18-22,25,28H2,(H,58,64)(H,57,59,61)(H,60,65,66)/b40-27-,62-53?. The minimum atomic E-state index is -0.729. The molecule has 0 spiro atoms. The number of aliphatic imine (C=N–C) groups is 1. The number of hydrogen-bond donors (Lipinski definition) is 6. The summed E-state index contributed by atoms with van der Waals surface area (Å²) in [6, 6.07) is 20.6. The van der Waals surface area contributed by atoms with Crippen molar-refractivity contribution in [2.75, 3.05) is 30.3 Å². The van der Waals surface area contributed by atoms with Crippen molar-refractivity contribution in [2.45, 2.75) is 70.5 Å². The number of hydrogen-bond acceptors (Lipinski definition) is 12. The molecule has 1 saturated heterocycles. The number of aromatic nitrogens is 2. The Morgan fingerprint density at radius 3 is 2.43 bits per heavy atom. The van der Waals surface area contributed by atoms with Crippen molar-refractivity contribution in [1.29, 1.82) is 5.53 Å². The third kappa shape index (κ3) is 11.1. The number of carbonyl (C=O) groups is 4. The van der Waals surface area contributed by atoms with E-state index in [1.807, 2.05) is 24.3 Å². The Morgan fingerprint density at radius 1 is 0.881 bits per heavy atom. The van der Waals surface area contributed by atoms with Gasteiger partial charge in [0.2, 0.25) is 23.7 Å². The molecule has 67 heavy (non-hydrogen) atoms. The lowest BCUT2D eigenvalue weighted by molar-refractivity contribution is -0.137. The van der Waals surface area contributed by atoms with E-state index in [2.05, 4.69) is 41.7 Å². The highest BCUT2D eigenvalue weighted by Crippen LogP contribution is 2.35. The first kappa shape index (κ1) is 46.3. The van der Waals surface area contributed by atoms with Crippen LogP contribution in [0.3, 0.4) is 0 Å². The third-order valence-corrected chi connectivity index (χ3v) is 12.0. The van der Waals surface area contributed by atoms with Gasteiger partial charge in [-0.3, -0.25) is 29.5 Å². The summed E-state index contributed by atoms with van der Waals surface area (Å²) in [5.74, 6) is -2.27. The van der Waals surface area contributed by atoms with E-state index in [9.17, 15) is 28.0 Å². The number of halogens is 3. The zero-order valence-electron chi connectivity index (χ0n) is 36.4. The minimum absolute atomic E-state index is 0.0895. The molecule has 0 saturated carbocycles. The maximum atomic E-state index is 14.9. The van der Waals surface area contributed by atoms with Gasteiger partial charge in [0, 0.05) is 89.1 Å². The van der Waals surface area contributed by atoms with Crippen LogP contribution in [0.4, 0.5) is 26.1 Å². The van der Waals surface area contributed by atoms with Crippen molar-refractivity contribution in [3.63, 3.8) is 0 Å². The Hall–Kier alpha value is -7.24. The van der Waals surface area contributed by atoms with E-state index in [1.54, 1.807) is 48.8 Å². The molecule has 18 heteroatoms. The van der Waals surface area contributed by atoms with Crippen LogP contribution in [-0.2, 0) is 27.5 Å². The van der Waals surface area contributed by atoms with Gasteiger partial charge in [-0.1, -0.05) is 55.1 Å². The SMILES string of the molecule is N=N/C(=C\NCCNCCCCCCCC(=O)Nc1ccc2c(c1)CN(C1CCC(=O)NC1=O)C2=O)c1ccc(Nc2ncc3c(n2)-c2ccc(Cl)cc2C(c2c(F)cccc2F)=NC3)cc1. The smallest absolute Gasteiger partial charge is 0.255 e. The van der Waals surface area contributed by atoms with Crippen LogP contribution in [0.5, 0.6) is 0 Å². The lowest BCUT2D eigenvalue weighted by Gasteiger charge is -2.29. The number of fused-ring (bicyclic) bond motifs is 4. The number of rotatable bonds is 19. The van der Waals surface area contributed by atoms with Crippen LogP contribution < -0.4 is 26.6 Å². The van der Waals surface area contributed by atoms with Gasteiger partial charge in [0.05, 0.1) is 23.5 Å². The second kappa shape index (κ2) is 21.4. The summed E-state index contributed by atoms with van der Waals surface area (Å²) in [6.45, 7) is 2.58. The molecule has 1 fully saturated rings. The van der Waals surface area contributed by atoms with Crippen LogP contribution in [0.15, 0.2) is 101 Å². The molecule has 1 atom stereocenters. The van der Waals surface area contributed by atoms with Gasteiger partial charge in [0.15, 0.2) is 0 Å². The van der Waals surface area contributed by atoms with Crippen LogP contribution in [-0.4, -0.2) is 69.9 Å². The Labute approximate surface area is 390 Å². The number of carbonyl (C=O) groups excluding carboxylic acids is 4. The van der Waals surface area contributed by atoms with E-state index in [-0.39, 0.29) is 48.5 Å². The van der Waals surface area contributed by atoms with Gasteiger partial charge in [-0.2, -0.15) is 5.11 Å². The maximum Gasteiger partial charge on any atom is 0.255 e. The fraction of sp³-hybridized carbons (Fsp3) is 0.286. The number of unbranched alkanes of at least 4 members (excludes halogenated alkanes) is 4. The molecule has 15 nitrogen and oxygen atoms in total. The first-order chi connectivity index (χ1) is 32.6. The number of piperidine rings is 1. The highest BCUT2D eigenvalue weighted by atomic mass is 35.5. The summed E-state index contributed by atoms with van der Waals surface area (Å²) < 4.78 is 29.9. The van der Waals surface area contributed by atoms with Crippen LogP contribution in [0, 0.1) is 17.2 Å². The highest BCUT2D eigenvalue weighted by molar-refractivity contribution is 6.31. The lowest BCUT2D eigenvalue weighted by Crippen LogP contribution is -2.52. The van der Waals surface area contributed by atoms with Gasteiger partial charge in [-0.15, -0.1) is 0 Å². The van der Waals surface area contributed by atoms with Gasteiger partial charge < -0.3 is 26.2 Å². The van der Waals surface area contributed by atoms with Crippen molar-refractivity contribution >= 4 is 64.0 Å². The molecule has 0 radical (unpaired) electrons. The van der Waals surface area contributed by atoms with Gasteiger partial charge >= 0.3 is 0 Å². The van der Waals surface area contributed by atoms with Crippen molar-refractivity contribution < 1.29 is 28.0 Å². The van der Waals surface area contributed by atoms with Crippen LogP contribution in [0.25, 0.3) is 17.0 Å². The molecule has 3 aliphatic rings. The van der Waals surface area contributed by atoms with Crippen LogP contribution >= 0.6 is 11.6 Å². The minimum Gasteiger partial charge on any atom is -0.388 e. The molecule has 1 unspecified atom stereocenters. The van der Waals surface area contributed by atoms with Gasteiger partial charge in [-0.25, -0.2) is 24.3 Å². The highest BCUT2D eigenvalue weighted by Gasteiger charge is 2.39. The first-order valence-corrected chi connectivity index (χ1v) is 22.6. The van der Waals surface area contributed by atoms with Crippen LogP contribution in [0.1, 0.15) is 89.5 Å². The molecular weight excluding hydrogens is 880 g/mol. The summed E-state index contributed by atoms with van der Waals surface area (Å²) in [6.07, 6.45) is 8.99. The second-order valence-electron chi connectivity index (χ2n) is 16.4. The Morgan fingerprint density at radius 2 is 1.64 bits per heavy atom. The number of benzene rings is 4. The summed E-state index contributed by atoms with van der Waals surface area (Å²) in [4.78, 5) is 64.8. The molecule has 344 valence electrons. The molecule has 6 N–H and O–H groups in total. The molecule has 5 aromatic rings. The molecule has 4 aromatic carbocycles. The Kier molecular flexibility index (Phi) is 14.8. The van der Waals surface area contributed by atoms with E-state index < -0.39 is 23.6 Å². The average molecular weight is 928 g/mol. The fourth-order valence-electron chi connectivity index (χ4n) is 8.35. The van der Waals surface area contributed by atoms with Crippen molar-refractivity contribution in [1.82, 2.24) is 30.8 Å².